The first-order chi connectivity index (χ1) is 18.3. The third-order valence-electron chi connectivity index (χ3n) is 5.26. The molecule has 2 fully saturated rings. The maximum absolute atomic E-state index is 10.3. The van der Waals surface area contributed by atoms with Gasteiger partial charge in [-0.15, -0.1) is 0 Å². The van der Waals surface area contributed by atoms with Gasteiger partial charge in [0.2, 0.25) is 0 Å². The van der Waals surface area contributed by atoms with Gasteiger partial charge >= 0.3 is 17.9 Å². The molecule has 0 aromatic carbocycles. The van der Waals surface area contributed by atoms with Crippen molar-refractivity contribution < 1.29 is 99.8 Å². The third-order valence-corrected chi connectivity index (χ3v) is 5.26. The minimum Gasteiger partial charge on any atom is -0.481 e. The fraction of sp³-hybridized carbons (Fsp3) is 0.800. The lowest BCUT2D eigenvalue weighted by Gasteiger charge is -2.45. The molecule has 13 N–H and O–H groups in total. The van der Waals surface area contributed by atoms with E-state index in [0.29, 0.717) is 0 Å². The molecule has 1 unspecified atom stereocenters. The molecule has 2 saturated heterocycles. The molecule has 0 aliphatic carbocycles. The predicted octanol–water partition coefficient (Wildman–Crippen LogP) is -6.55. The maximum atomic E-state index is 10.3. The van der Waals surface area contributed by atoms with Crippen LogP contribution >= 0.6 is 0 Å². The lowest BCUT2D eigenvalue weighted by molar-refractivity contribution is -0.355. The van der Waals surface area contributed by atoms with Gasteiger partial charge in [0.15, 0.2) is 18.2 Å². The second-order valence-electron chi connectivity index (χ2n) is 8.52. The van der Waals surface area contributed by atoms with Gasteiger partial charge in [-0.1, -0.05) is 0 Å². The first-order valence-corrected chi connectivity index (χ1v) is 11.2. The van der Waals surface area contributed by atoms with Crippen LogP contribution in [-0.2, 0) is 33.4 Å². The number of ether oxygens (including phenoxy) is 3. The van der Waals surface area contributed by atoms with Gasteiger partial charge in [0.05, 0.1) is 26.1 Å². The molecule has 234 valence electrons. The van der Waals surface area contributed by atoms with Gasteiger partial charge in [-0.05, 0) is 0 Å². The van der Waals surface area contributed by atoms with Gasteiger partial charge in [-0.25, -0.2) is 4.79 Å². The number of carbonyl (C=O) groups is 4. The maximum Gasteiger partial charge on any atom is 0.336 e. The van der Waals surface area contributed by atoms with Crippen LogP contribution in [0.1, 0.15) is 19.8 Å². The number of aliphatic hydroxyl groups is 9. The number of aliphatic hydroxyl groups excluding tert-OH is 8. The van der Waals surface area contributed by atoms with Crippen molar-refractivity contribution >= 4 is 23.9 Å². The highest BCUT2D eigenvalue weighted by molar-refractivity contribution is 5.88. The van der Waals surface area contributed by atoms with Gasteiger partial charge in [0.25, 0.3) is 5.97 Å². The smallest absolute Gasteiger partial charge is 0.336 e. The Morgan fingerprint density at radius 3 is 1.52 bits per heavy atom. The number of hydrogen-bond acceptors (Lipinski definition) is 16. The van der Waals surface area contributed by atoms with Crippen LogP contribution in [-0.4, -0.2) is 170 Å². The molecule has 2 rings (SSSR count). The van der Waals surface area contributed by atoms with Crippen LogP contribution in [0.5, 0.6) is 0 Å². The molecule has 0 aromatic heterocycles. The molecule has 2 aliphatic heterocycles. The van der Waals surface area contributed by atoms with Crippen molar-refractivity contribution in [1.29, 1.82) is 0 Å². The zero-order valence-electron chi connectivity index (χ0n) is 20.8. The van der Waals surface area contributed by atoms with Crippen LogP contribution in [0.15, 0.2) is 0 Å². The molecule has 0 bridgehead atoms. The average Bonchev–Trinajstić information content (AvgIpc) is 2.83. The molecule has 2 heterocycles. The van der Waals surface area contributed by atoms with E-state index < -0.39 is 117 Å². The van der Waals surface area contributed by atoms with Gasteiger partial charge < -0.3 is 80.6 Å². The van der Waals surface area contributed by atoms with Crippen molar-refractivity contribution in [3.63, 3.8) is 0 Å². The largest absolute Gasteiger partial charge is 0.481 e. The highest BCUT2D eigenvalue weighted by Crippen LogP contribution is 2.28. The normalized spacial score (nSPS) is 33.9. The van der Waals surface area contributed by atoms with E-state index in [4.69, 9.17) is 49.6 Å². The molecule has 20 heteroatoms. The first kappa shape index (κ1) is 37.4. The summed E-state index contributed by atoms with van der Waals surface area (Å²) >= 11 is 0. The van der Waals surface area contributed by atoms with Crippen LogP contribution in [0.3, 0.4) is 0 Å². The molecule has 0 amide bonds. The van der Waals surface area contributed by atoms with Crippen LogP contribution < -0.4 is 0 Å². The summed E-state index contributed by atoms with van der Waals surface area (Å²) < 4.78 is 15.3. The Morgan fingerprint density at radius 1 is 0.700 bits per heavy atom. The van der Waals surface area contributed by atoms with Gasteiger partial charge in [0, 0.05) is 6.92 Å². The number of aliphatic carboxylic acids is 4. The Labute approximate surface area is 224 Å². The molecule has 20 nitrogen and oxygen atoms in total. The zero-order chi connectivity index (χ0) is 31.5. The first-order valence-electron chi connectivity index (χ1n) is 11.2. The molecule has 0 spiro atoms. The van der Waals surface area contributed by atoms with Crippen LogP contribution in [0.25, 0.3) is 0 Å². The number of carboxylic acid groups (broad SMARTS) is 4. The third kappa shape index (κ3) is 11.1. The summed E-state index contributed by atoms with van der Waals surface area (Å²) in [5, 5.41) is 118. The van der Waals surface area contributed by atoms with E-state index in [1.54, 1.807) is 0 Å². The summed E-state index contributed by atoms with van der Waals surface area (Å²) in [6.45, 7) is -0.262. The highest BCUT2D eigenvalue weighted by atomic mass is 16.7. The van der Waals surface area contributed by atoms with E-state index in [2.05, 4.69) is 0 Å². The fourth-order valence-corrected chi connectivity index (χ4v) is 3.28. The van der Waals surface area contributed by atoms with Crippen LogP contribution in [0.2, 0.25) is 0 Å². The van der Waals surface area contributed by atoms with E-state index in [-0.39, 0.29) is 0 Å². The molecule has 0 radical (unpaired) electrons. The van der Waals surface area contributed by atoms with Crippen molar-refractivity contribution in [2.45, 2.75) is 86.8 Å². The van der Waals surface area contributed by atoms with Crippen molar-refractivity contribution in [2.75, 3.05) is 13.2 Å². The summed E-state index contributed by atoms with van der Waals surface area (Å²) in [6, 6.07) is 0. The zero-order valence-corrected chi connectivity index (χ0v) is 20.8. The molecular weight excluding hydrogens is 560 g/mol. The molecule has 0 aromatic rings. The molecule has 2 aliphatic rings. The molecule has 10 atom stereocenters. The Morgan fingerprint density at radius 2 is 1.15 bits per heavy atom. The minimum atomic E-state index is -2.74. The Kier molecular flexibility index (Phi) is 15.5. The quantitative estimate of drug-likeness (QED) is 0.118. The lowest BCUT2D eigenvalue weighted by atomic mass is 9.96. The number of rotatable bonds is 9. The lowest BCUT2D eigenvalue weighted by Crippen LogP contribution is -2.64. The number of carboxylic acids is 4. The molecule has 40 heavy (non-hydrogen) atoms. The summed E-state index contributed by atoms with van der Waals surface area (Å²) in [5.41, 5.74) is -2.74. The topological polar surface area (TPSA) is 359 Å². The second kappa shape index (κ2) is 16.6. The van der Waals surface area contributed by atoms with Crippen molar-refractivity contribution in [2.24, 2.45) is 0 Å². The highest BCUT2D eigenvalue weighted by Gasteiger charge is 2.50. The van der Waals surface area contributed by atoms with E-state index in [1.165, 1.54) is 0 Å². The SMILES string of the molecule is CC(=O)O.O=C(O)CC(O)(CC(=O)O)C(=O)O.OC[C@H]1O[C@@H](O[C@H]2[C@H](O)[C@@H](O)C(O)O[C@@H]2CO)[C@H](O)[C@@H](O)[C@H]1O. The van der Waals surface area contributed by atoms with E-state index >= 15 is 0 Å². The van der Waals surface area contributed by atoms with Crippen molar-refractivity contribution in [1.82, 2.24) is 0 Å². The standard InChI is InChI=1S/C12H22O11.C6H8O7.C2H4O2/c13-1-3-5(15)6(16)9(19)12(22-3)23-10-4(2-14)21-11(20)8(18)7(10)17;7-3(8)1-6(13,5(11)12)2-4(9)10;1-2(3)4/h3-20H,1-2H2;13H,1-2H2,(H,7,8)(H,9,10)(H,11,12);1H3,(H,3,4)/t3-,4-,5+,6+,7-,8-,9-,10-,11?,12+;;/m1../s1. The minimum absolute atomic E-state index is 0.667. The molecule has 0 saturated carbocycles. The summed E-state index contributed by atoms with van der Waals surface area (Å²) in [4.78, 5) is 39.5. The van der Waals surface area contributed by atoms with E-state index in [9.17, 15) is 50.1 Å². The summed E-state index contributed by atoms with van der Waals surface area (Å²) in [5.74, 6) is -5.85. The summed E-state index contributed by atoms with van der Waals surface area (Å²) in [6.07, 6.45) is -17.9. The average molecular weight is 594 g/mol. The fourth-order valence-electron chi connectivity index (χ4n) is 3.28. The number of hydrogen-bond donors (Lipinski definition) is 13. The Balaban J connectivity index is 0.000000756. The predicted molar refractivity (Wildman–Crippen MR) is 119 cm³/mol. The monoisotopic (exact) mass is 594 g/mol. The van der Waals surface area contributed by atoms with Crippen LogP contribution in [0.4, 0.5) is 0 Å². The Bertz CT molecular complexity index is 811. The Hall–Kier alpha value is -2.60. The van der Waals surface area contributed by atoms with Gasteiger partial charge in [0.1, 0.15) is 48.8 Å². The molecular formula is C20H34O20. The van der Waals surface area contributed by atoms with Gasteiger partial charge in [-0.3, -0.25) is 14.4 Å². The van der Waals surface area contributed by atoms with E-state index in [0.717, 1.165) is 6.92 Å². The van der Waals surface area contributed by atoms with Crippen molar-refractivity contribution in [3.05, 3.63) is 0 Å². The second-order valence-corrected chi connectivity index (χ2v) is 8.52. The van der Waals surface area contributed by atoms with E-state index in [1.807, 2.05) is 0 Å². The van der Waals surface area contributed by atoms with Crippen molar-refractivity contribution in [3.8, 4) is 0 Å². The summed E-state index contributed by atoms with van der Waals surface area (Å²) in [7, 11) is 0. The van der Waals surface area contributed by atoms with Crippen LogP contribution in [0, 0.1) is 0 Å². The van der Waals surface area contributed by atoms with Gasteiger partial charge in [-0.2, -0.15) is 0 Å².